The lowest BCUT2D eigenvalue weighted by Gasteiger charge is -2.35. The molecule has 98 valence electrons. The standard InChI is InChI=1S/C14H27N3/c1-12-8-13(2)10-17(9-12)7-5-6-14(3,11-15)16-4/h12-13,16H,5-10H2,1-4H3. The van der Waals surface area contributed by atoms with Crippen LogP contribution in [0.2, 0.25) is 0 Å². The number of hydrogen-bond acceptors (Lipinski definition) is 3. The van der Waals surface area contributed by atoms with Crippen LogP contribution in [0.4, 0.5) is 0 Å². The maximum absolute atomic E-state index is 9.08. The van der Waals surface area contributed by atoms with Crippen molar-refractivity contribution in [3.05, 3.63) is 0 Å². The van der Waals surface area contributed by atoms with Gasteiger partial charge in [0.25, 0.3) is 0 Å². The van der Waals surface area contributed by atoms with Crippen molar-refractivity contribution in [2.75, 3.05) is 26.7 Å². The van der Waals surface area contributed by atoms with Crippen LogP contribution >= 0.6 is 0 Å². The first-order chi connectivity index (χ1) is 7.99. The highest BCUT2D eigenvalue weighted by Gasteiger charge is 2.24. The van der Waals surface area contributed by atoms with Gasteiger partial charge in [-0.2, -0.15) is 5.26 Å². The normalized spacial score (nSPS) is 29.6. The molecule has 1 N–H and O–H groups in total. The summed E-state index contributed by atoms with van der Waals surface area (Å²) in [5.74, 6) is 1.65. The van der Waals surface area contributed by atoms with E-state index < -0.39 is 0 Å². The Labute approximate surface area is 106 Å². The number of likely N-dealkylation sites (tertiary alicyclic amines) is 1. The SMILES string of the molecule is CNC(C)(C#N)CCCN1CC(C)CC(C)C1. The minimum atomic E-state index is -0.354. The highest BCUT2D eigenvalue weighted by Crippen LogP contribution is 2.21. The second kappa shape index (κ2) is 6.37. The molecular weight excluding hydrogens is 210 g/mol. The van der Waals surface area contributed by atoms with Crippen LogP contribution in [0.1, 0.15) is 40.0 Å². The maximum Gasteiger partial charge on any atom is 0.103 e. The molecule has 0 spiro atoms. The minimum Gasteiger partial charge on any atom is -0.303 e. The Morgan fingerprint density at radius 1 is 1.35 bits per heavy atom. The van der Waals surface area contributed by atoms with Crippen LogP contribution in [0.25, 0.3) is 0 Å². The monoisotopic (exact) mass is 237 g/mol. The van der Waals surface area contributed by atoms with Gasteiger partial charge in [-0.1, -0.05) is 13.8 Å². The van der Waals surface area contributed by atoms with Gasteiger partial charge in [-0.15, -0.1) is 0 Å². The largest absolute Gasteiger partial charge is 0.303 e. The molecule has 1 rings (SSSR count). The summed E-state index contributed by atoms with van der Waals surface area (Å²) in [4.78, 5) is 2.56. The van der Waals surface area contributed by atoms with E-state index in [0.29, 0.717) is 0 Å². The predicted octanol–water partition coefficient (Wildman–Crippen LogP) is 2.25. The molecule has 0 saturated carbocycles. The lowest BCUT2D eigenvalue weighted by Crippen LogP contribution is -2.41. The third-order valence-corrected chi connectivity index (χ3v) is 3.89. The lowest BCUT2D eigenvalue weighted by atomic mass is 9.91. The minimum absolute atomic E-state index is 0.354. The number of nitriles is 1. The van der Waals surface area contributed by atoms with E-state index in [2.05, 4.69) is 30.1 Å². The fourth-order valence-electron chi connectivity index (χ4n) is 2.87. The Balaban J connectivity index is 2.29. The number of rotatable bonds is 5. The summed E-state index contributed by atoms with van der Waals surface area (Å²) in [6.45, 7) is 10.3. The average molecular weight is 237 g/mol. The first-order valence-electron chi connectivity index (χ1n) is 6.81. The Bertz CT molecular complexity index is 261. The van der Waals surface area contributed by atoms with Crippen LogP contribution in [0, 0.1) is 23.2 Å². The van der Waals surface area contributed by atoms with Crippen molar-refractivity contribution in [3.63, 3.8) is 0 Å². The predicted molar refractivity (Wildman–Crippen MR) is 71.7 cm³/mol. The van der Waals surface area contributed by atoms with Crippen LogP contribution < -0.4 is 5.32 Å². The van der Waals surface area contributed by atoms with Gasteiger partial charge < -0.3 is 10.2 Å². The zero-order chi connectivity index (χ0) is 12.9. The van der Waals surface area contributed by atoms with E-state index in [9.17, 15) is 0 Å². The molecule has 1 aliphatic heterocycles. The molecule has 3 heteroatoms. The summed E-state index contributed by atoms with van der Waals surface area (Å²) in [5.41, 5.74) is -0.354. The summed E-state index contributed by atoms with van der Waals surface area (Å²) >= 11 is 0. The van der Waals surface area contributed by atoms with Gasteiger partial charge in [0, 0.05) is 13.1 Å². The van der Waals surface area contributed by atoms with Crippen molar-refractivity contribution in [1.29, 1.82) is 5.26 Å². The van der Waals surface area contributed by atoms with Crippen molar-refractivity contribution in [1.82, 2.24) is 10.2 Å². The van der Waals surface area contributed by atoms with Crippen LogP contribution in [0.3, 0.4) is 0 Å². The third-order valence-electron chi connectivity index (χ3n) is 3.89. The van der Waals surface area contributed by atoms with Gasteiger partial charge >= 0.3 is 0 Å². The van der Waals surface area contributed by atoms with E-state index in [-0.39, 0.29) is 5.54 Å². The van der Waals surface area contributed by atoms with Gasteiger partial charge in [0.2, 0.25) is 0 Å². The maximum atomic E-state index is 9.08. The van der Waals surface area contributed by atoms with Crippen molar-refractivity contribution in [2.45, 2.75) is 45.6 Å². The zero-order valence-electron chi connectivity index (χ0n) is 11.8. The van der Waals surface area contributed by atoms with Gasteiger partial charge in [-0.3, -0.25) is 0 Å². The molecule has 17 heavy (non-hydrogen) atoms. The van der Waals surface area contributed by atoms with Gasteiger partial charge in [-0.05, 0) is 51.6 Å². The van der Waals surface area contributed by atoms with Gasteiger partial charge in [0.15, 0.2) is 0 Å². The molecule has 0 aromatic rings. The highest BCUT2D eigenvalue weighted by atomic mass is 15.1. The smallest absolute Gasteiger partial charge is 0.103 e. The molecule has 1 heterocycles. The van der Waals surface area contributed by atoms with Crippen molar-refractivity contribution in [3.8, 4) is 6.07 Å². The fraction of sp³-hybridized carbons (Fsp3) is 0.929. The van der Waals surface area contributed by atoms with Gasteiger partial charge in [-0.25, -0.2) is 0 Å². The highest BCUT2D eigenvalue weighted by molar-refractivity contribution is 5.02. The number of nitrogens with one attached hydrogen (secondary N) is 1. The van der Waals surface area contributed by atoms with Gasteiger partial charge in [0.1, 0.15) is 5.54 Å². The molecule has 0 radical (unpaired) electrons. The molecular formula is C14H27N3. The number of hydrogen-bond donors (Lipinski definition) is 1. The summed E-state index contributed by atoms with van der Waals surface area (Å²) in [5, 5.41) is 12.2. The molecule has 0 aliphatic carbocycles. The summed E-state index contributed by atoms with van der Waals surface area (Å²) < 4.78 is 0. The Hall–Kier alpha value is -0.590. The molecule has 0 amide bonds. The van der Waals surface area contributed by atoms with E-state index in [1.807, 2.05) is 14.0 Å². The van der Waals surface area contributed by atoms with E-state index in [0.717, 1.165) is 31.2 Å². The quantitative estimate of drug-likeness (QED) is 0.797. The summed E-state index contributed by atoms with van der Waals surface area (Å²) in [6, 6.07) is 2.35. The van der Waals surface area contributed by atoms with Crippen LogP contribution in [-0.4, -0.2) is 37.1 Å². The molecule has 0 bridgehead atoms. The third kappa shape index (κ3) is 4.65. The Morgan fingerprint density at radius 3 is 2.41 bits per heavy atom. The van der Waals surface area contributed by atoms with Crippen molar-refractivity contribution >= 4 is 0 Å². The molecule has 3 nitrogen and oxygen atoms in total. The van der Waals surface area contributed by atoms with Crippen LogP contribution in [-0.2, 0) is 0 Å². The Morgan fingerprint density at radius 2 is 1.94 bits per heavy atom. The second-order valence-corrected chi connectivity index (χ2v) is 6.00. The zero-order valence-corrected chi connectivity index (χ0v) is 11.8. The number of piperidine rings is 1. The lowest BCUT2D eigenvalue weighted by molar-refractivity contribution is 0.137. The van der Waals surface area contributed by atoms with Crippen molar-refractivity contribution < 1.29 is 0 Å². The van der Waals surface area contributed by atoms with E-state index in [1.165, 1.54) is 19.5 Å². The number of nitrogens with zero attached hydrogens (tertiary/aromatic N) is 2. The van der Waals surface area contributed by atoms with Crippen LogP contribution in [0.15, 0.2) is 0 Å². The average Bonchev–Trinajstić information content (AvgIpc) is 2.27. The van der Waals surface area contributed by atoms with E-state index >= 15 is 0 Å². The molecule has 3 atom stereocenters. The summed E-state index contributed by atoms with van der Waals surface area (Å²) in [7, 11) is 1.87. The van der Waals surface area contributed by atoms with Crippen molar-refractivity contribution in [2.24, 2.45) is 11.8 Å². The molecule has 1 aliphatic rings. The fourth-order valence-corrected chi connectivity index (χ4v) is 2.87. The molecule has 3 unspecified atom stereocenters. The molecule has 0 aromatic heterocycles. The van der Waals surface area contributed by atoms with E-state index in [4.69, 9.17) is 5.26 Å². The van der Waals surface area contributed by atoms with Crippen LogP contribution in [0.5, 0.6) is 0 Å². The summed E-state index contributed by atoms with van der Waals surface area (Å²) in [6.07, 6.45) is 3.40. The first-order valence-corrected chi connectivity index (χ1v) is 6.81. The second-order valence-electron chi connectivity index (χ2n) is 6.00. The topological polar surface area (TPSA) is 39.1 Å². The first kappa shape index (κ1) is 14.5. The molecule has 1 saturated heterocycles. The van der Waals surface area contributed by atoms with E-state index in [1.54, 1.807) is 0 Å². The van der Waals surface area contributed by atoms with Gasteiger partial charge in [0.05, 0.1) is 6.07 Å². The molecule has 1 fully saturated rings. The Kier molecular flexibility index (Phi) is 5.42. The molecule has 0 aromatic carbocycles.